The number of aromatic nitrogens is 1. The molecule has 10 nitrogen and oxygen atoms in total. The van der Waals surface area contributed by atoms with E-state index in [9.17, 15) is 19.7 Å². The van der Waals surface area contributed by atoms with Gasteiger partial charge in [-0.2, -0.15) is 4.99 Å². The van der Waals surface area contributed by atoms with Crippen molar-refractivity contribution >= 4 is 39.1 Å². The molecule has 0 saturated carbocycles. The molecule has 0 aliphatic heterocycles. The first kappa shape index (κ1) is 21.0. The van der Waals surface area contributed by atoms with Crippen LogP contribution in [0.4, 0.5) is 5.69 Å². The molecule has 0 radical (unpaired) electrons. The summed E-state index contributed by atoms with van der Waals surface area (Å²) in [6, 6.07) is 8.83. The SMILES string of the molecule is COC(=O)Cn1c(=NC(=O)c2cc(OC)cc(OC)c2)sc2cc([N+](=O)[O-])ccc21. The zero-order valence-corrected chi connectivity index (χ0v) is 17.1. The Kier molecular flexibility index (Phi) is 6.11. The Morgan fingerprint density at radius 3 is 2.33 bits per heavy atom. The van der Waals surface area contributed by atoms with Gasteiger partial charge < -0.3 is 18.8 Å². The summed E-state index contributed by atoms with van der Waals surface area (Å²) in [6.07, 6.45) is 0. The van der Waals surface area contributed by atoms with E-state index in [0.29, 0.717) is 21.7 Å². The molecular formula is C19H17N3O7S. The van der Waals surface area contributed by atoms with Crippen LogP contribution in [0.15, 0.2) is 41.4 Å². The number of non-ortho nitro benzene ring substituents is 1. The van der Waals surface area contributed by atoms with Crippen molar-refractivity contribution in [1.29, 1.82) is 0 Å². The van der Waals surface area contributed by atoms with Crippen LogP contribution >= 0.6 is 11.3 Å². The lowest BCUT2D eigenvalue weighted by molar-refractivity contribution is -0.384. The number of hydrogen-bond acceptors (Lipinski definition) is 8. The fraction of sp³-hybridized carbons (Fsp3) is 0.211. The number of nitro benzene ring substituents is 1. The third-order valence-electron chi connectivity index (χ3n) is 4.19. The Hall–Kier alpha value is -3.73. The van der Waals surface area contributed by atoms with Crippen molar-refractivity contribution in [3.05, 3.63) is 56.9 Å². The van der Waals surface area contributed by atoms with E-state index in [2.05, 4.69) is 4.99 Å². The van der Waals surface area contributed by atoms with Crippen LogP contribution in [0.5, 0.6) is 11.5 Å². The number of methoxy groups -OCH3 is 3. The molecule has 11 heteroatoms. The average Bonchev–Trinajstić information content (AvgIpc) is 3.08. The molecule has 0 fully saturated rings. The second-order valence-corrected chi connectivity index (χ2v) is 6.98. The van der Waals surface area contributed by atoms with Crippen molar-refractivity contribution in [2.24, 2.45) is 4.99 Å². The fourth-order valence-electron chi connectivity index (χ4n) is 2.69. The lowest BCUT2D eigenvalue weighted by Gasteiger charge is -2.06. The predicted molar refractivity (Wildman–Crippen MR) is 108 cm³/mol. The van der Waals surface area contributed by atoms with Gasteiger partial charge in [-0.05, 0) is 18.2 Å². The normalized spacial score (nSPS) is 11.4. The second-order valence-electron chi connectivity index (χ2n) is 5.97. The van der Waals surface area contributed by atoms with E-state index >= 15 is 0 Å². The number of hydrogen-bond donors (Lipinski definition) is 0. The summed E-state index contributed by atoms with van der Waals surface area (Å²) in [4.78, 5) is 39.6. The summed E-state index contributed by atoms with van der Waals surface area (Å²) >= 11 is 1.05. The average molecular weight is 431 g/mol. The highest BCUT2D eigenvalue weighted by Crippen LogP contribution is 2.25. The van der Waals surface area contributed by atoms with Crippen LogP contribution in [0.3, 0.4) is 0 Å². The van der Waals surface area contributed by atoms with Gasteiger partial charge in [0.1, 0.15) is 18.0 Å². The van der Waals surface area contributed by atoms with Gasteiger partial charge >= 0.3 is 5.97 Å². The van der Waals surface area contributed by atoms with Crippen LogP contribution in [0.2, 0.25) is 0 Å². The van der Waals surface area contributed by atoms with Crippen molar-refractivity contribution in [2.75, 3.05) is 21.3 Å². The number of rotatable bonds is 6. The van der Waals surface area contributed by atoms with Gasteiger partial charge in [-0.15, -0.1) is 0 Å². The van der Waals surface area contributed by atoms with Crippen LogP contribution in [0.25, 0.3) is 10.2 Å². The van der Waals surface area contributed by atoms with Crippen molar-refractivity contribution < 1.29 is 28.7 Å². The number of nitro groups is 1. The number of benzene rings is 2. The third-order valence-corrected chi connectivity index (χ3v) is 5.23. The molecule has 156 valence electrons. The molecule has 3 rings (SSSR count). The number of carbonyl (C=O) groups excluding carboxylic acids is 2. The molecule has 0 aliphatic carbocycles. The largest absolute Gasteiger partial charge is 0.497 e. The topological polar surface area (TPSA) is 122 Å². The first-order valence-corrected chi connectivity index (χ1v) is 9.34. The molecular weight excluding hydrogens is 414 g/mol. The number of esters is 1. The van der Waals surface area contributed by atoms with Gasteiger partial charge in [0.25, 0.3) is 11.6 Å². The minimum absolute atomic E-state index is 0.107. The number of ether oxygens (including phenoxy) is 3. The van der Waals surface area contributed by atoms with E-state index < -0.39 is 16.8 Å². The van der Waals surface area contributed by atoms with Gasteiger partial charge in [0.05, 0.1) is 36.5 Å². The lowest BCUT2D eigenvalue weighted by Crippen LogP contribution is -2.22. The van der Waals surface area contributed by atoms with Crippen LogP contribution in [0.1, 0.15) is 10.4 Å². The highest BCUT2D eigenvalue weighted by molar-refractivity contribution is 7.16. The van der Waals surface area contributed by atoms with Crippen molar-refractivity contribution in [1.82, 2.24) is 4.57 Å². The molecule has 0 unspecified atom stereocenters. The van der Waals surface area contributed by atoms with Crippen LogP contribution in [-0.4, -0.2) is 42.7 Å². The van der Waals surface area contributed by atoms with E-state index in [1.807, 2.05) is 0 Å². The monoisotopic (exact) mass is 431 g/mol. The zero-order valence-electron chi connectivity index (χ0n) is 16.3. The Morgan fingerprint density at radius 1 is 1.10 bits per heavy atom. The van der Waals surface area contributed by atoms with E-state index in [-0.39, 0.29) is 22.6 Å². The molecule has 1 heterocycles. The van der Waals surface area contributed by atoms with Crippen LogP contribution < -0.4 is 14.3 Å². The van der Waals surface area contributed by atoms with Gasteiger partial charge in [0.2, 0.25) is 0 Å². The Morgan fingerprint density at radius 2 is 1.77 bits per heavy atom. The summed E-state index contributed by atoms with van der Waals surface area (Å²) < 4.78 is 17.0. The Balaban J connectivity index is 2.16. The first-order chi connectivity index (χ1) is 14.4. The second kappa shape index (κ2) is 8.74. The molecule has 0 atom stereocenters. The van der Waals surface area contributed by atoms with Gasteiger partial charge in [0, 0.05) is 23.8 Å². The van der Waals surface area contributed by atoms with E-state index in [1.54, 1.807) is 6.07 Å². The Labute approximate surface area is 174 Å². The summed E-state index contributed by atoms with van der Waals surface area (Å²) in [5.74, 6) is -0.304. The molecule has 1 aromatic heterocycles. The fourth-order valence-corrected chi connectivity index (χ4v) is 3.75. The lowest BCUT2D eigenvalue weighted by atomic mass is 10.2. The quantitative estimate of drug-likeness (QED) is 0.334. The van der Waals surface area contributed by atoms with Gasteiger partial charge in [-0.25, -0.2) is 0 Å². The predicted octanol–water partition coefficient (Wildman–Crippen LogP) is 2.54. The maximum absolute atomic E-state index is 12.8. The number of carbonyl (C=O) groups is 2. The van der Waals surface area contributed by atoms with Crippen LogP contribution in [0, 0.1) is 10.1 Å². The number of nitrogens with zero attached hydrogens (tertiary/aromatic N) is 3. The summed E-state index contributed by atoms with van der Waals surface area (Å²) in [5.41, 5.74) is 0.634. The molecule has 2 aromatic carbocycles. The summed E-state index contributed by atoms with van der Waals surface area (Å²) in [7, 11) is 4.17. The minimum atomic E-state index is -0.591. The molecule has 0 aliphatic rings. The molecule has 1 amide bonds. The highest BCUT2D eigenvalue weighted by atomic mass is 32.1. The van der Waals surface area contributed by atoms with Crippen LogP contribution in [-0.2, 0) is 16.1 Å². The summed E-state index contributed by atoms with van der Waals surface area (Å²) in [5, 5.41) is 11.1. The molecule has 30 heavy (non-hydrogen) atoms. The summed E-state index contributed by atoms with van der Waals surface area (Å²) in [6.45, 7) is -0.206. The number of amides is 1. The molecule has 0 bridgehead atoms. The van der Waals surface area contributed by atoms with Crippen molar-refractivity contribution in [3.8, 4) is 11.5 Å². The minimum Gasteiger partial charge on any atom is -0.497 e. The molecule has 3 aromatic rings. The van der Waals surface area contributed by atoms with E-state index in [0.717, 1.165) is 11.3 Å². The van der Waals surface area contributed by atoms with Gasteiger partial charge in [-0.3, -0.25) is 19.7 Å². The highest BCUT2D eigenvalue weighted by Gasteiger charge is 2.16. The zero-order chi connectivity index (χ0) is 21.8. The number of fused-ring (bicyclic) bond motifs is 1. The smallest absolute Gasteiger partial charge is 0.325 e. The first-order valence-electron chi connectivity index (χ1n) is 8.53. The molecule has 0 saturated heterocycles. The van der Waals surface area contributed by atoms with Crippen molar-refractivity contribution in [3.63, 3.8) is 0 Å². The maximum Gasteiger partial charge on any atom is 0.325 e. The maximum atomic E-state index is 12.8. The van der Waals surface area contributed by atoms with E-state index in [1.165, 1.54) is 56.2 Å². The molecule has 0 N–H and O–H groups in total. The Bertz CT molecular complexity index is 1190. The van der Waals surface area contributed by atoms with Gasteiger partial charge in [0.15, 0.2) is 4.80 Å². The van der Waals surface area contributed by atoms with Gasteiger partial charge in [-0.1, -0.05) is 11.3 Å². The third kappa shape index (κ3) is 4.30. The van der Waals surface area contributed by atoms with Crippen molar-refractivity contribution in [2.45, 2.75) is 6.54 Å². The molecule has 0 spiro atoms. The standard InChI is InChI=1S/C19H17N3O7S/c1-27-13-6-11(7-14(9-13)28-2)18(24)20-19-21(10-17(23)29-3)15-5-4-12(22(25)26)8-16(15)30-19/h4-9H,10H2,1-3H3. The van der Waals surface area contributed by atoms with E-state index in [4.69, 9.17) is 14.2 Å². The number of thiazole rings is 1.